The minimum absolute atomic E-state index is 1.25. The molecule has 16 rings (SSSR count). The van der Waals surface area contributed by atoms with Gasteiger partial charge in [0.15, 0.2) is 0 Å². The van der Waals surface area contributed by atoms with Crippen LogP contribution in [0.2, 0.25) is 0 Å². The van der Waals surface area contributed by atoms with Crippen molar-refractivity contribution in [3.63, 3.8) is 0 Å². The summed E-state index contributed by atoms with van der Waals surface area (Å²) in [4.78, 5) is 0. The van der Waals surface area contributed by atoms with E-state index in [1.54, 1.807) is 0 Å². The Morgan fingerprint density at radius 1 is 0.115 bits per heavy atom. The molecule has 104 heavy (non-hydrogen) atoms. The van der Waals surface area contributed by atoms with E-state index in [4.69, 9.17) is 0 Å². The normalized spacial score (nSPS) is 10.7. The van der Waals surface area contributed by atoms with Crippen LogP contribution < -0.4 is 0 Å². The molecule has 0 nitrogen and oxygen atoms in total. The SMILES string of the molecule is Cc1ccc(-c2cc(-c3ccc(C)cc3)cc(-c3ccc(C)cc3)c2)cc1.Cc1ccc2cc(C)ccc2c1.Cc1ccc2ccccc2c1.Cc1cccc(-c2cc(-c3cccc(C)c3)cc(-c3cccc(C)c3)c2)c1.Cc1ccccc1-c1cc(-c2ccccc2C)cc(-c2ccccc2C)c1. The van der Waals surface area contributed by atoms with Crippen molar-refractivity contribution in [2.24, 2.45) is 0 Å². The molecule has 0 atom stereocenters. The van der Waals surface area contributed by atoms with Gasteiger partial charge in [-0.1, -0.05) is 347 Å². The van der Waals surface area contributed by atoms with Crippen molar-refractivity contribution in [3.05, 3.63) is 419 Å². The van der Waals surface area contributed by atoms with Gasteiger partial charge >= 0.3 is 0 Å². The highest BCUT2D eigenvalue weighted by Gasteiger charge is 2.14. The average Bonchev–Trinajstić information content (AvgIpc) is 0.798. The number of rotatable bonds is 9. The maximum atomic E-state index is 2.33. The van der Waals surface area contributed by atoms with Crippen LogP contribution in [-0.4, -0.2) is 0 Å². The van der Waals surface area contributed by atoms with Gasteiger partial charge < -0.3 is 0 Å². The molecule has 0 spiro atoms. The van der Waals surface area contributed by atoms with Crippen LogP contribution in [0.15, 0.2) is 352 Å². The first kappa shape index (κ1) is 71.9. The van der Waals surface area contributed by atoms with E-state index in [1.165, 1.54) is 188 Å². The Morgan fingerprint density at radius 3 is 0.625 bits per heavy atom. The van der Waals surface area contributed by atoms with Crippen molar-refractivity contribution < 1.29 is 0 Å². The summed E-state index contributed by atoms with van der Waals surface area (Å²) < 4.78 is 0. The van der Waals surface area contributed by atoms with Crippen molar-refractivity contribution in [3.8, 4) is 100 Å². The Labute approximate surface area is 619 Å². The van der Waals surface area contributed by atoms with E-state index in [0.29, 0.717) is 0 Å². The molecule has 0 N–H and O–H groups in total. The monoisotopic (exact) mass is 1340 g/mol. The molecule has 0 saturated carbocycles. The molecule has 0 heteroatoms. The Morgan fingerprint density at radius 2 is 0.337 bits per heavy atom. The Bertz CT molecular complexity index is 5100. The standard InChI is InChI=1S/3C27H24.C12H12.C11H10/c1-19-4-10-22(11-5-19)25-16-26(23-12-6-20(2)7-13-23)18-27(17-25)24-14-8-21(3)9-15-24;1-19-7-4-10-22(13-19)25-16-26(23-11-5-8-20(2)14-23)18-27(17-25)24-12-6-9-21(3)15-24;1-19-10-4-7-13-25(19)22-16-23(26-14-8-5-11-20(26)2)18-24(17-22)27-15-9-6-12-21(27)3;1-9-3-5-12-8-10(2)4-6-11(12)7-9;1-9-6-7-10-4-2-3-5-11(10)8-9/h3*4-18H,1-3H3;3-8H,1-2H3;2-8H,1H3. The number of hydrogen-bond donors (Lipinski definition) is 0. The zero-order chi connectivity index (χ0) is 72.6. The van der Waals surface area contributed by atoms with E-state index >= 15 is 0 Å². The van der Waals surface area contributed by atoms with Crippen LogP contribution in [0.25, 0.3) is 122 Å². The third-order valence-electron chi connectivity index (χ3n) is 19.4. The zero-order valence-electron chi connectivity index (χ0n) is 62.5. The molecule has 0 saturated heterocycles. The van der Waals surface area contributed by atoms with Gasteiger partial charge in [-0.15, -0.1) is 0 Å². The Kier molecular flexibility index (Phi) is 23.3. The molecule has 0 bridgehead atoms. The van der Waals surface area contributed by atoms with Crippen LogP contribution >= 0.6 is 0 Å². The maximum Gasteiger partial charge on any atom is -0.0154 e. The van der Waals surface area contributed by atoms with E-state index in [2.05, 4.69) is 435 Å². The van der Waals surface area contributed by atoms with Crippen LogP contribution in [0.5, 0.6) is 0 Å². The summed E-state index contributed by atoms with van der Waals surface area (Å²) in [5.41, 5.74) is 38.4. The third-order valence-corrected chi connectivity index (χ3v) is 19.4. The smallest absolute Gasteiger partial charge is 0.0154 e. The van der Waals surface area contributed by atoms with Gasteiger partial charge in [0.2, 0.25) is 0 Å². The lowest BCUT2D eigenvalue weighted by Crippen LogP contribution is -1.90. The summed E-state index contributed by atoms with van der Waals surface area (Å²) in [6, 6.07) is 127. The second kappa shape index (κ2) is 33.7. The number of hydrogen-bond acceptors (Lipinski definition) is 0. The van der Waals surface area contributed by atoms with Crippen molar-refractivity contribution in [1.29, 1.82) is 0 Å². The fraction of sp³-hybridized carbons (Fsp3) is 0.115. The summed E-state index contributed by atoms with van der Waals surface area (Å²) in [5.74, 6) is 0. The molecule has 0 aliphatic carbocycles. The van der Waals surface area contributed by atoms with Crippen LogP contribution in [0.1, 0.15) is 66.8 Å². The predicted octanol–water partition coefficient (Wildman–Crippen LogP) is 29.4. The van der Waals surface area contributed by atoms with Gasteiger partial charge in [-0.05, 0) is 276 Å². The van der Waals surface area contributed by atoms with Gasteiger partial charge in [-0.25, -0.2) is 0 Å². The number of benzene rings is 16. The molecular weight excluding hydrogens is 1250 g/mol. The molecule has 0 unspecified atom stereocenters. The van der Waals surface area contributed by atoms with Gasteiger partial charge in [0.25, 0.3) is 0 Å². The predicted molar refractivity (Wildman–Crippen MR) is 453 cm³/mol. The lowest BCUT2D eigenvalue weighted by molar-refractivity contribution is 1.42. The quantitative estimate of drug-likeness (QED) is 0.135. The zero-order valence-corrected chi connectivity index (χ0v) is 62.5. The van der Waals surface area contributed by atoms with Gasteiger partial charge in [-0.3, -0.25) is 0 Å². The Balaban J connectivity index is 0.000000127. The fourth-order valence-electron chi connectivity index (χ4n) is 13.5. The Hall–Kier alpha value is -12.0. The molecule has 16 aromatic carbocycles. The first-order valence-electron chi connectivity index (χ1n) is 36.4. The first-order chi connectivity index (χ1) is 50.4. The highest BCUT2D eigenvalue weighted by molar-refractivity contribution is 5.87. The van der Waals surface area contributed by atoms with Crippen molar-refractivity contribution in [1.82, 2.24) is 0 Å². The maximum absolute atomic E-state index is 2.33. The molecule has 0 aromatic heterocycles. The topological polar surface area (TPSA) is 0 Å². The minimum Gasteiger partial charge on any atom is -0.0620 e. The number of fused-ring (bicyclic) bond motifs is 2. The van der Waals surface area contributed by atoms with Crippen molar-refractivity contribution in [2.45, 2.75) is 83.1 Å². The van der Waals surface area contributed by atoms with Gasteiger partial charge in [0.1, 0.15) is 0 Å². The van der Waals surface area contributed by atoms with E-state index in [9.17, 15) is 0 Å². The summed E-state index contributed by atoms with van der Waals surface area (Å²) in [7, 11) is 0. The third kappa shape index (κ3) is 18.8. The molecule has 16 aromatic rings. The lowest BCUT2D eigenvalue weighted by atomic mass is 9.89. The van der Waals surface area contributed by atoms with Crippen LogP contribution in [-0.2, 0) is 0 Å². The summed E-state index contributed by atoms with van der Waals surface area (Å²) in [6.07, 6.45) is 0. The van der Waals surface area contributed by atoms with Gasteiger partial charge in [-0.2, -0.15) is 0 Å². The van der Waals surface area contributed by atoms with E-state index < -0.39 is 0 Å². The summed E-state index contributed by atoms with van der Waals surface area (Å²) >= 11 is 0. The highest BCUT2D eigenvalue weighted by atomic mass is 14.2. The largest absolute Gasteiger partial charge is 0.0620 e. The molecule has 510 valence electrons. The molecule has 0 fully saturated rings. The first-order valence-corrected chi connectivity index (χ1v) is 36.4. The summed E-state index contributed by atoms with van der Waals surface area (Å²) in [6.45, 7) is 25.7. The van der Waals surface area contributed by atoms with E-state index in [1.807, 2.05) is 0 Å². The van der Waals surface area contributed by atoms with Gasteiger partial charge in [0, 0.05) is 0 Å². The summed E-state index contributed by atoms with van der Waals surface area (Å²) in [5, 5.41) is 5.31. The van der Waals surface area contributed by atoms with Crippen molar-refractivity contribution >= 4 is 21.5 Å². The lowest BCUT2D eigenvalue weighted by Gasteiger charge is -2.15. The van der Waals surface area contributed by atoms with Crippen molar-refractivity contribution in [2.75, 3.05) is 0 Å². The second-order valence-corrected chi connectivity index (χ2v) is 28.3. The van der Waals surface area contributed by atoms with Crippen LogP contribution in [0.4, 0.5) is 0 Å². The molecule has 0 amide bonds. The fourth-order valence-corrected chi connectivity index (χ4v) is 13.5. The molecular formula is C104H94. The van der Waals surface area contributed by atoms with E-state index in [0.717, 1.165) is 0 Å². The molecule has 0 radical (unpaired) electrons. The van der Waals surface area contributed by atoms with Crippen LogP contribution in [0, 0.1) is 83.1 Å². The number of aryl methyl sites for hydroxylation is 12. The molecule has 0 aliphatic heterocycles. The highest BCUT2D eigenvalue weighted by Crippen LogP contribution is 2.39. The van der Waals surface area contributed by atoms with Crippen LogP contribution in [0.3, 0.4) is 0 Å². The molecule has 0 aliphatic rings. The van der Waals surface area contributed by atoms with E-state index in [-0.39, 0.29) is 0 Å². The average molecular weight is 1340 g/mol. The minimum atomic E-state index is 1.25. The van der Waals surface area contributed by atoms with Gasteiger partial charge in [0.05, 0.1) is 0 Å². The molecule has 0 heterocycles. The second-order valence-electron chi connectivity index (χ2n) is 28.3.